The minimum absolute atomic E-state index is 0.0379. The van der Waals surface area contributed by atoms with Crippen molar-refractivity contribution < 1.29 is 4.79 Å². The third-order valence-corrected chi connectivity index (χ3v) is 4.79. The second kappa shape index (κ2) is 7.28. The summed E-state index contributed by atoms with van der Waals surface area (Å²) in [5.41, 5.74) is 4.07. The van der Waals surface area contributed by atoms with Crippen LogP contribution < -0.4 is 5.32 Å². The number of benzene rings is 2. The van der Waals surface area contributed by atoms with Gasteiger partial charge in [-0.3, -0.25) is 4.79 Å². The topological polar surface area (TPSA) is 57.8 Å². The number of nitrogens with zero attached hydrogens (tertiary/aromatic N) is 1. The van der Waals surface area contributed by atoms with E-state index in [4.69, 9.17) is 11.6 Å². The molecule has 0 aliphatic carbocycles. The van der Waals surface area contributed by atoms with Crippen molar-refractivity contribution in [1.29, 1.82) is 0 Å². The molecule has 0 fully saturated rings. The summed E-state index contributed by atoms with van der Waals surface area (Å²) in [5.74, 6) is 0.271. The average molecular weight is 360 g/mol. The highest BCUT2D eigenvalue weighted by molar-refractivity contribution is 7.99. The zero-order chi connectivity index (χ0) is 17.1. The standard InChI is InChI=1S/C18H18ClN3OS/c1-11-6-7-15-16(8-11)22-18(21-15)24-10-17(23)20-12(2)13-4-3-5-14(19)9-13/h3-9,12H,10H2,1-2H3,(H,20,23)(H,21,22)/t12-/m0/s1. The van der Waals surface area contributed by atoms with Crippen LogP contribution >= 0.6 is 23.4 Å². The summed E-state index contributed by atoms with van der Waals surface area (Å²) in [5, 5.41) is 4.39. The number of aromatic amines is 1. The smallest absolute Gasteiger partial charge is 0.230 e. The van der Waals surface area contributed by atoms with Gasteiger partial charge in [-0.05, 0) is 49.2 Å². The van der Waals surface area contributed by atoms with Crippen molar-refractivity contribution in [2.45, 2.75) is 25.0 Å². The molecule has 2 N–H and O–H groups in total. The number of halogens is 1. The number of aryl methyl sites for hydroxylation is 1. The van der Waals surface area contributed by atoms with Gasteiger partial charge in [0.25, 0.3) is 0 Å². The van der Waals surface area contributed by atoms with Crippen LogP contribution in [0.2, 0.25) is 5.02 Å². The maximum absolute atomic E-state index is 12.1. The Morgan fingerprint density at radius 1 is 1.33 bits per heavy atom. The van der Waals surface area contributed by atoms with Crippen molar-refractivity contribution >= 4 is 40.3 Å². The number of amides is 1. The number of nitrogens with one attached hydrogen (secondary N) is 2. The molecule has 1 heterocycles. The quantitative estimate of drug-likeness (QED) is 0.660. The summed E-state index contributed by atoms with van der Waals surface area (Å²) in [7, 11) is 0. The van der Waals surface area contributed by atoms with Crippen LogP contribution in [0.5, 0.6) is 0 Å². The maximum atomic E-state index is 12.1. The van der Waals surface area contributed by atoms with Crippen molar-refractivity contribution in [1.82, 2.24) is 15.3 Å². The molecule has 0 aliphatic heterocycles. The highest BCUT2D eigenvalue weighted by atomic mass is 35.5. The Morgan fingerprint density at radius 3 is 2.96 bits per heavy atom. The normalized spacial score (nSPS) is 12.3. The van der Waals surface area contributed by atoms with Crippen LogP contribution in [0.15, 0.2) is 47.6 Å². The molecule has 124 valence electrons. The van der Waals surface area contributed by atoms with Crippen LogP contribution in [-0.4, -0.2) is 21.6 Å². The van der Waals surface area contributed by atoms with Crippen LogP contribution in [0, 0.1) is 6.92 Å². The SMILES string of the molecule is Cc1ccc2nc(SCC(=O)N[C@@H](C)c3cccc(Cl)c3)[nH]c2c1. The molecule has 6 heteroatoms. The zero-order valence-electron chi connectivity index (χ0n) is 13.5. The number of fused-ring (bicyclic) bond motifs is 1. The average Bonchev–Trinajstić information content (AvgIpc) is 2.95. The summed E-state index contributed by atoms with van der Waals surface area (Å²) in [6.45, 7) is 3.98. The predicted octanol–water partition coefficient (Wildman–Crippen LogP) is 4.49. The Bertz CT molecular complexity index is 878. The van der Waals surface area contributed by atoms with Gasteiger partial charge in [0.15, 0.2) is 5.16 Å². The Morgan fingerprint density at radius 2 is 2.17 bits per heavy atom. The molecule has 24 heavy (non-hydrogen) atoms. The first-order valence-corrected chi connectivity index (χ1v) is 9.01. The lowest BCUT2D eigenvalue weighted by Gasteiger charge is -2.14. The molecular weight excluding hydrogens is 342 g/mol. The fourth-order valence-electron chi connectivity index (χ4n) is 2.44. The second-order valence-electron chi connectivity index (χ2n) is 5.70. The Labute approximate surface area is 150 Å². The van der Waals surface area contributed by atoms with Gasteiger partial charge in [0.2, 0.25) is 5.91 Å². The predicted molar refractivity (Wildman–Crippen MR) is 99.6 cm³/mol. The molecule has 3 aromatic rings. The molecule has 0 aliphatic rings. The van der Waals surface area contributed by atoms with Crippen LogP contribution in [-0.2, 0) is 4.79 Å². The van der Waals surface area contributed by atoms with Gasteiger partial charge in [-0.2, -0.15) is 0 Å². The van der Waals surface area contributed by atoms with E-state index in [1.807, 2.05) is 56.3 Å². The van der Waals surface area contributed by atoms with Crippen LogP contribution in [0.25, 0.3) is 11.0 Å². The summed E-state index contributed by atoms with van der Waals surface area (Å²) < 4.78 is 0. The molecule has 0 spiro atoms. The molecule has 3 rings (SSSR count). The van der Waals surface area contributed by atoms with Gasteiger partial charge in [-0.25, -0.2) is 4.98 Å². The van der Waals surface area contributed by atoms with Gasteiger partial charge in [0.05, 0.1) is 22.8 Å². The largest absolute Gasteiger partial charge is 0.349 e. The molecule has 0 saturated carbocycles. The summed E-state index contributed by atoms with van der Waals surface area (Å²) in [6.07, 6.45) is 0. The van der Waals surface area contributed by atoms with E-state index < -0.39 is 0 Å². The lowest BCUT2D eigenvalue weighted by molar-refractivity contribution is -0.119. The van der Waals surface area contributed by atoms with Crippen LogP contribution in [0.1, 0.15) is 24.1 Å². The van der Waals surface area contributed by atoms with Crippen molar-refractivity contribution in [2.75, 3.05) is 5.75 Å². The molecule has 0 saturated heterocycles. The van der Waals surface area contributed by atoms with E-state index in [2.05, 4.69) is 15.3 Å². The maximum Gasteiger partial charge on any atom is 0.230 e. The summed E-state index contributed by atoms with van der Waals surface area (Å²) in [6, 6.07) is 13.5. The fourth-order valence-corrected chi connectivity index (χ4v) is 3.34. The number of H-pyrrole nitrogens is 1. The van der Waals surface area contributed by atoms with Crippen molar-refractivity contribution in [2.24, 2.45) is 0 Å². The highest BCUT2D eigenvalue weighted by Gasteiger charge is 2.11. The van der Waals surface area contributed by atoms with Gasteiger partial charge in [-0.15, -0.1) is 0 Å². The second-order valence-corrected chi connectivity index (χ2v) is 7.10. The third kappa shape index (κ3) is 4.10. The van der Waals surface area contributed by atoms with Gasteiger partial charge in [0.1, 0.15) is 0 Å². The number of carbonyl (C=O) groups excluding carboxylic acids is 1. The van der Waals surface area contributed by atoms with Gasteiger partial charge in [-0.1, -0.05) is 41.6 Å². The van der Waals surface area contributed by atoms with E-state index >= 15 is 0 Å². The first-order valence-electron chi connectivity index (χ1n) is 7.65. The van der Waals surface area contributed by atoms with Gasteiger partial charge < -0.3 is 10.3 Å². The van der Waals surface area contributed by atoms with Gasteiger partial charge >= 0.3 is 0 Å². The van der Waals surface area contributed by atoms with E-state index in [9.17, 15) is 4.79 Å². The molecule has 0 unspecified atom stereocenters. The Kier molecular flexibility index (Phi) is 5.11. The lowest BCUT2D eigenvalue weighted by atomic mass is 10.1. The lowest BCUT2D eigenvalue weighted by Crippen LogP contribution is -2.28. The number of rotatable bonds is 5. The molecule has 4 nitrogen and oxygen atoms in total. The van der Waals surface area contributed by atoms with Crippen LogP contribution in [0.4, 0.5) is 0 Å². The van der Waals surface area contributed by atoms with Crippen molar-refractivity contribution in [3.05, 3.63) is 58.6 Å². The molecule has 1 atom stereocenters. The fraction of sp³-hybridized carbons (Fsp3) is 0.222. The molecule has 1 amide bonds. The zero-order valence-corrected chi connectivity index (χ0v) is 15.0. The van der Waals surface area contributed by atoms with Crippen LogP contribution in [0.3, 0.4) is 0 Å². The molecule has 0 bridgehead atoms. The van der Waals surface area contributed by atoms with E-state index in [1.54, 1.807) is 0 Å². The number of hydrogen-bond acceptors (Lipinski definition) is 3. The van der Waals surface area contributed by atoms with Gasteiger partial charge in [0, 0.05) is 5.02 Å². The van der Waals surface area contributed by atoms with E-state index in [1.165, 1.54) is 17.3 Å². The number of aromatic nitrogens is 2. The number of hydrogen-bond donors (Lipinski definition) is 2. The molecule has 2 aromatic carbocycles. The first-order chi connectivity index (χ1) is 11.5. The Balaban J connectivity index is 1.58. The highest BCUT2D eigenvalue weighted by Crippen LogP contribution is 2.21. The Hall–Kier alpha value is -1.98. The monoisotopic (exact) mass is 359 g/mol. The molecule has 1 aromatic heterocycles. The summed E-state index contributed by atoms with van der Waals surface area (Å²) in [4.78, 5) is 19.9. The summed E-state index contributed by atoms with van der Waals surface area (Å²) >= 11 is 7.38. The number of imidazole rings is 1. The third-order valence-electron chi connectivity index (χ3n) is 3.68. The minimum atomic E-state index is -0.0878. The molecule has 0 radical (unpaired) electrons. The number of carbonyl (C=O) groups is 1. The van der Waals surface area contributed by atoms with E-state index in [-0.39, 0.29) is 11.9 Å². The minimum Gasteiger partial charge on any atom is -0.349 e. The molecular formula is C18H18ClN3OS. The van der Waals surface area contributed by atoms with E-state index in [0.29, 0.717) is 10.8 Å². The number of thioether (sulfide) groups is 1. The van der Waals surface area contributed by atoms with E-state index in [0.717, 1.165) is 21.8 Å². The van der Waals surface area contributed by atoms with Crippen molar-refractivity contribution in [3.8, 4) is 0 Å². The van der Waals surface area contributed by atoms with Crippen molar-refractivity contribution in [3.63, 3.8) is 0 Å². The first kappa shape index (κ1) is 16.9.